The quantitative estimate of drug-likeness (QED) is 0.133. The van der Waals surface area contributed by atoms with Crippen molar-refractivity contribution in [2.24, 2.45) is 9.98 Å². The molecule has 0 amide bonds. The number of anilines is 4. The number of nitrogens with zero attached hydrogens (tertiary/aromatic N) is 6. The van der Waals surface area contributed by atoms with Crippen LogP contribution in [0.25, 0.3) is 0 Å². The van der Waals surface area contributed by atoms with Gasteiger partial charge >= 0.3 is 0 Å². The molecule has 4 aliphatic rings. The van der Waals surface area contributed by atoms with E-state index >= 15 is 0 Å². The Labute approximate surface area is 308 Å². The Hall–Kier alpha value is -5.30. The second-order valence-corrected chi connectivity index (χ2v) is 14.8. The molecule has 4 aromatic rings. The van der Waals surface area contributed by atoms with E-state index in [2.05, 4.69) is 9.80 Å². The predicted molar refractivity (Wildman–Crippen MR) is 205 cm³/mol. The highest BCUT2D eigenvalue weighted by molar-refractivity contribution is 7.86. The van der Waals surface area contributed by atoms with E-state index in [1.165, 1.54) is 4.42 Å². The van der Waals surface area contributed by atoms with Gasteiger partial charge in [-0.1, -0.05) is 55.5 Å². The number of allylic oxidation sites excluding steroid dienone is 3. The molecule has 0 spiro atoms. The summed E-state index contributed by atoms with van der Waals surface area (Å²) in [5, 5.41) is -1.49. The van der Waals surface area contributed by atoms with Crippen molar-refractivity contribution >= 4 is 57.1 Å². The molecule has 0 bridgehead atoms. The van der Waals surface area contributed by atoms with Crippen molar-refractivity contribution in [3.05, 3.63) is 121 Å². The highest BCUT2D eigenvalue weighted by atomic mass is 35.5. The predicted octanol–water partition coefficient (Wildman–Crippen LogP) is 8.62. The average Bonchev–Trinajstić information content (AvgIpc) is 3.16. The molecule has 52 heavy (non-hydrogen) atoms. The first-order valence-corrected chi connectivity index (χ1v) is 19.0. The van der Waals surface area contributed by atoms with Crippen molar-refractivity contribution in [3.63, 3.8) is 0 Å². The Bertz CT molecular complexity index is 2060. The van der Waals surface area contributed by atoms with Crippen LogP contribution in [0.5, 0.6) is 23.0 Å². The first-order chi connectivity index (χ1) is 25.3. The normalized spacial score (nSPS) is 19.5. The number of ether oxygens (including phenoxy) is 2. The zero-order chi connectivity index (χ0) is 36.0. The van der Waals surface area contributed by atoms with Crippen LogP contribution >= 0.6 is 11.8 Å². The van der Waals surface area contributed by atoms with Gasteiger partial charge in [0.05, 0.1) is 22.7 Å². The van der Waals surface area contributed by atoms with Gasteiger partial charge in [0.15, 0.2) is 34.8 Å². The zero-order valence-electron chi connectivity index (χ0n) is 28.5. The molecule has 0 radical (unpaired) electrons. The van der Waals surface area contributed by atoms with Crippen molar-refractivity contribution in [2.45, 2.75) is 49.9 Å². The van der Waals surface area contributed by atoms with Crippen LogP contribution in [-0.4, -0.2) is 64.5 Å². The molecule has 11 nitrogen and oxygen atoms in total. The maximum atomic E-state index is 14.1. The summed E-state index contributed by atoms with van der Waals surface area (Å²) in [4.78, 5) is 15.9. The number of fused-ring (bicyclic) bond motifs is 4. The van der Waals surface area contributed by atoms with Crippen molar-refractivity contribution in [3.8, 4) is 23.0 Å². The lowest BCUT2D eigenvalue weighted by molar-refractivity contribution is 0.187. The van der Waals surface area contributed by atoms with Gasteiger partial charge < -0.3 is 24.2 Å². The molecule has 0 fully saturated rings. The summed E-state index contributed by atoms with van der Waals surface area (Å²) in [6.07, 6.45) is 6.98. The van der Waals surface area contributed by atoms with Crippen molar-refractivity contribution in [2.75, 3.05) is 16.3 Å². The van der Waals surface area contributed by atoms with Crippen LogP contribution < -0.4 is 19.3 Å². The minimum Gasteiger partial charge on any atom is -0.453 e. The Balaban J connectivity index is 1.51. The van der Waals surface area contributed by atoms with E-state index in [-0.39, 0.29) is 6.42 Å². The van der Waals surface area contributed by atoms with Crippen LogP contribution in [0.4, 0.5) is 22.7 Å². The number of hydrogen-bond acceptors (Lipinski definition) is 10. The molecule has 0 saturated heterocycles. The van der Waals surface area contributed by atoms with Gasteiger partial charge in [0.2, 0.25) is 0 Å². The third-order valence-electron chi connectivity index (χ3n) is 9.94. The van der Waals surface area contributed by atoms with E-state index in [1.54, 1.807) is 24.7 Å². The lowest BCUT2D eigenvalue weighted by Gasteiger charge is -2.58. The first-order valence-electron chi connectivity index (χ1n) is 17.2. The summed E-state index contributed by atoms with van der Waals surface area (Å²) >= 11 is 7.25. The van der Waals surface area contributed by atoms with E-state index in [0.29, 0.717) is 58.7 Å². The standard InChI is InChI=1S/C39H37ClN6O5S/c1-3-27-22-24-41-37(43(27)4-2)36(52(47,48)49)26-39(38-42-23-13-25-44(38)40,45-28-14-5-9-18-32(28)50-33-19-10-6-15-29(33)45)46-30-16-7-11-20-34(30)51-35-21-12-8-17-31(35)46/h5-25,36-38H,3-4,26H2,1-2H3,(H,47,48,49). The van der Waals surface area contributed by atoms with Gasteiger partial charge in [-0.2, -0.15) is 8.42 Å². The number of aliphatic imine (C=N–C) groups is 2. The summed E-state index contributed by atoms with van der Waals surface area (Å²) in [5.74, 6) is 2.18. The Kier molecular flexibility index (Phi) is 8.68. The molecule has 4 heterocycles. The zero-order valence-corrected chi connectivity index (χ0v) is 30.1. The molecule has 0 aliphatic carbocycles. The monoisotopic (exact) mass is 736 g/mol. The molecule has 3 atom stereocenters. The van der Waals surface area contributed by atoms with Crippen LogP contribution in [-0.2, 0) is 10.1 Å². The first kappa shape index (κ1) is 33.8. The molecule has 13 heteroatoms. The molecule has 1 N–H and O–H groups in total. The van der Waals surface area contributed by atoms with Crippen LogP contribution in [0.2, 0.25) is 0 Å². The van der Waals surface area contributed by atoms with E-state index in [4.69, 9.17) is 31.2 Å². The fourth-order valence-electron chi connectivity index (χ4n) is 7.81. The number of halogens is 1. The van der Waals surface area contributed by atoms with Gasteiger partial charge in [-0.25, -0.2) is 0 Å². The van der Waals surface area contributed by atoms with E-state index in [9.17, 15) is 13.0 Å². The van der Waals surface area contributed by atoms with Crippen molar-refractivity contribution < 1.29 is 22.4 Å². The lowest BCUT2D eigenvalue weighted by Crippen LogP contribution is -2.70. The van der Waals surface area contributed by atoms with E-state index in [1.807, 2.05) is 122 Å². The molecule has 3 unspecified atom stereocenters. The van der Waals surface area contributed by atoms with Gasteiger partial charge in [0.1, 0.15) is 11.4 Å². The number of para-hydroxylation sites is 8. The number of rotatable bonds is 9. The van der Waals surface area contributed by atoms with Crippen LogP contribution in [0.15, 0.2) is 131 Å². The van der Waals surface area contributed by atoms with Crippen molar-refractivity contribution in [1.82, 2.24) is 9.32 Å². The minimum atomic E-state index is -4.85. The molecular formula is C39H37ClN6O5S. The van der Waals surface area contributed by atoms with Gasteiger partial charge in [-0.05, 0) is 74.0 Å². The number of benzene rings is 4. The van der Waals surface area contributed by atoms with Gasteiger partial charge in [0.25, 0.3) is 10.1 Å². The average molecular weight is 737 g/mol. The second-order valence-electron chi connectivity index (χ2n) is 12.7. The number of hydrogen-bond donors (Lipinski definition) is 1. The molecule has 4 aliphatic heterocycles. The summed E-state index contributed by atoms with van der Waals surface area (Å²) in [7, 11) is -4.85. The van der Waals surface area contributed by atoms with Crippen molar-refractivity contribution in [1.29, 1.82) is 0 Å². The highest BCUT2D eigenvalue weighted by Crippen LogP contribution is 2.59. The molecule has 0 aromatic heterocycles. The maximum absolute atomic E-state index is 14.1. The maximum Gasteiger partial charge on any atom is 0.271 e. The largest absolute Gasteiger partial charge is 0.453 e. The molecule has 266 valence electrons. The fourth-order valence-corrected chi connectivity index (χ4v) is 9.06. The summed E-state index contributed by atoms with van der Waals surface area (Å²) in [6.45, 7) is 4.42. The summed E-state index contributed by atoms with van der Waals surface area (Å²) in [5.41, 5.74) is 1.86. The van der Waals surface area contributed by atoms with Gasteiger partial charge in [-0.15, -0.1) is 0 Å². The van der Waals surface area contributed by atoms with Crippen LogP contribution in [0.1, 0.15) is 26.7 Å². The van der Waals surface area contributed by atoms with Crippen LogP contribution in [0, 0.1) is 0 Å². The second kappa shape index (κ2) is 13.4. The third-order valence-corrected chi connectivity index (χ3v) is 11.4. The minimum absolute atomic E-state index is 0.258. The third kappa shape index (κ3) is 5.49. The van der Waals surface area contributed by atoms with Crippen LogP contribution in [0.3, 0.4) is 0 Å². The summed E-state index contributed by atoms with van der Waals surface area (Å²) in [6, 6.07) is 30.3. The summed E-state index contributed by atoms with van der Waals surface area (Å²) < 4.78 is 54.2. The van der Waals surface area contributed by atoms with Gasteiger partial charge in [-0.3, -0.25) is 19.0 Å². The van der Waals surface area contributed by atoms with E-state index in [0.717, 1.165) is 5.70 Å². The molecule has 4 aromatic carbocycles. The van der Waals surface area contributed by atoms with E-state index < -0.39 is 33.4 Å². The topological polar surface area (TPSA) is 111 Å². The molecular weight excluding hydrogens is 700 g/mol. The lowest BCUT2D eigenvalue weighted by atomic mass is 9.88. The van der Waals surface area contributed by atoms with Gasteiger partial charge in [0, 0.05) is 49.1 Å². The molecule has 0 saturated carbocycles. The Morgan fingerprint density at radius 1 is 0.769 bits per heavy atom. The smallest absolute Gasteiger partial charge is 0.271 e. The molecule has 8 rings (SSSR count). The fraction of sp³-hybridized carbons (Fsp3) is 0.231. The Morgan fingerprint density at radius 2 is 1.25 bits per heavy atom. The Morgan fingerprint density at radius 3 is 1.67 bits per heavy atom. The highest BCUT2D eigenvalue weighted by Gasteiger charge is 2.60. The SMILES string of the molecule is CCC1=CC=NC(C(CC(C2N=CC=CN2Cl)(N2c3ccccc3Oc3ccccc32)N2c3ccccc3Oc3ccccc32)S(=O)(=O)O)N1CC.